The van der Waals surface area contributed by atoms with Crippen LogP contribution in [0.3, 0.4) is 0 Å². The van der Waals surface area contributed by atoms with Gasteiger partial charge in [-0.05, 0) is 50.0 Å². The molecule has 0 saturated carbocycles. The summed E-state index contributed by atoms with van der Waals surface area (Å²) in [6.45, 7) is 8.81. The van der Waals surface area contributed by atoms with E-state index in [1.807, 2.05) is 37.4 Å². The van der Waals surface area contributed by atoms with Crippen LogP contribution in [0.1, 0.15) is 43.8 Å². The van der Waals surface area contributed by atoms with Crippen molar-refractivity contribution in [2.45, 2.75) is 44.8 Å². The average Bonchev–Trinajstić information content (AvgIpc) is 3.87. The zero-order chi connectivity index (χ0) is 34.4. The number of benzene rings is 1. The van der Waals surface area contributed by atoms with Crippen molar-refractivity contribution in [1.29, 1.82) is 0 Å². The lowest BCUT2D eigenvalue weighted by atomic mass is 9.90. The number of furan rings is 1. The first kappa shape index (κ1) is 33.7. The number of para-hydroxylation sites is 1. The van der Waals surface area contributed by atoms with Gasteiger partial charge in [0.05, 0.1) is 39.2 Å². The monoisotopic (exact) mass is 667 g/mol. The molecule has 5 aromatic rings. The molecular formula is C36H41N7O6. The smallest absolute Gasteiger partial charge is 0.290 e. The van der Waals surface area contributed by atoms with Gasteiger partial charge >= 0.3 is 0 Å². The molecule has 3 saturated heterocycles. The molecule has 13 heteroatoms. The molecule has 1 unspecified atom stereocenters. The molecule has 13 nitrogen and oxygen atoms in total. The van der Waals surface area contributed by atoms with Crippen LogP contribution in [0, 0.1) is 11.8 Å². The third-order valence-corrected chi connectivity index (χ3v) is 9.10. The summed E-state index contributed by atoms with van der Waals surface area (Å²) in [6, 6.07) is 12.2. The number of fused-ring (bicyclic) bond motifs is 3. The molecule has 1 N–H and O–H groups in total. The number of carbonyl (C=O) groups is 1. The quantitative estimate of drug-likeness (QED) is 0.214. The van der Waals surface area contributed by atoms with Crippen molar-refractivity contribution < 1.29 is 28.5 Å². The van der Waals surface area contributed by atoms with Crippen LogP contribution in [0.25, 0.3) is 22.1 Å². The molecule has 8 rings (SSSR count). The number of nitrogens with zero attached hydrogens (tertiary/aromatic N) is 7. The van der Waals surface area contributed by atoms with Crippen molar-refractivity contribution in [3.8, 4) is 17.7 Å². The highest BCUT2D eigenvalue weighted by Gasteiger charge is 2.50. The normalized spacial score (nSPS) is 17.8. The highest BCUT2D eigenvalue weighted by molar-refractivity contribution is 6.05. The molecule has 0 amide bonds. The lowest BCUT2D eigenvalue weighted by Crippen LogP contribution is -2.68. The lowest BCUT2D eigenvalue weighted by Gasteiger charge is -2.53. The predicted octanol–water partition coefficient (Wildman–Crippen LogP) is 4.46. The van der Waals surface area contributed by atoms with Gasteiger partial charge in [-0.2, -0.15) is 5.10 Å². The predicted molar refractivity (Wildman–Crippen MR) is 185 cm³/mol. The molecule has 3 fully saturated rings. The number of anilines is 2. The Kier molecular flexibility index (Phi) is 10.3. The summed E-state index contributed by atoms with van der Waals surface area (Å²) in [5.74, 6) is 8.77. The van der Waals surface area contributed by atoms with Gasteiger partial charge in [0, 0.05) is 50.2 Å². The van der Waals surface area contributed by atoms with Crippen molar-refractivity contribution in [2.75, 3.05) is 56.4 Å². The van der Waals surface area contributed by atoms with Crippen LogP contribution in [-0.2, 0) is 27.7 Å². The Morgan fingerprint density at radius 2 is 1.90 bits per heavy atom. The molecule has 3 aliphatic rings. The van der Waals surface area contributed by atoms with Gasteiger partial charge in [-0.15, -0.1) is 0 Å². The molecule has 0 radical (unpaired) electrons. The standard InChI is InChI=1S/C19H22N4O3.C16H17N3O.CH2O2/c1-14-19(12-25-13-19)26-9-8-23(14)17-10-15(11-20-18(17)24-3)4-5-16-6-7-21-22(16)2;1-2-13-17-14-11-7-3-4-8-12(11)20-15(14)16(18-13)19-9-5-6-10-19;2-1-3/h6-7,10-11,14H,8-9,12-13H2,1-3H3;3-4,7-8H,2,5-6,9-10H2,1H3;1H,(H,2,3). The molecule has 3 aliphatic heterocycles. The largest absolute Gasteiger partial charge is 0.483 e. The van der Waals surface area contributed by atoms with Crippen LogP contribution in [0.5, 0.6) is 5.88 Å². The molecule has 0 aliphatic carbocycles. The van der Waals surface area contributed by atoms with Gasteiger partial charge in [0.15, 0.2) is 11.4 Å². The van der Waals surface area contributed by atoms with Crippen LogP contribution >= 0.6 is 0 Å². The minimum atomic E-state index is -0.250. The Labute approximate surface area is 284 Å². The van der Waals surface area contributed by atoms with E-state index in [1.54, 1.807) is 24.2 Å². The summed E-state index contributed by atoms with van der Waals surface area (Å²) < 4.78 is 24.7. The van der Waals surface area contributed by atoms with Gasteiger partial charge in [-0.3, -0.25) is 9.48 Å². The Balaban J connectivity index is 0.000000162. The summed E-state index contributed by atoms with van der Waals surface area (Å²) in [5.41, 5.74) is 5.07. The topological polar surface area (TPSA) is 141 Å². The first-order chi connectivity index (χ1) is 23.9. The fourth-order valence-electron chi connectivity index (χ4n) is 6.33. The molecule has 1 atom stereocenters. The maximum atomic E-state index is 8.36. The lowest BCUT2D eigenvalue weighted by molar-refractivity contribution is -0.228. The number of ether oxygens (including phenoxy) is 3. The zero-order valence-electron chi connectivity index (χ0n) is 28.3. The summed E-state index contributed by atoms with van der Waals surface area (Å²) >= 11 is 0. The maximum absolute atomic E-state index is 8.36. The van der Waals surface area contributed by atoms with Crippen LogP contribution in [0.2, 0.25) is 0 Å². The van der Waals surface area contributed by atoms with E-state index < -0.39 is 0 Å². The third kappa shape index (κ3) is 6.88. The second-order valence-electron chi connectivity index (χ2n) is 12.0. The van der Waals surface area contributed by atoms with Crippen LogP contribution in [0.4, 0.5) is 11.5 Å². The van der Waals surface area contributed by atoms with E-state index in [4.69, 9.17) is 33.5 Å². The molecule has 4 aromatic heterocycles. The van der Waals surface area contributed by atoms with E-state index in [0.717, 1.165) is 76.7 Å². The second kappa shape index (κ2) is 14.9. The maximum Gasteiger partial charge on any atom is 0.290 e. The number of rotatable bonds is 4. The summed E-state index contributed by atoms with van der Waals surface area (Å²) in [7, 11) is 3.51. The number of hydrogen-bond acceptors (Lipinski definition) is 11. The molecule has 0 bridgehead atoms. The SMILES string of the molecule is CCc1nc(N2CCCC2)c2oc3ccccc3c2n1.COc1ncc(C#Cc2ccnn2C)cc1N1CCOC2(COC2)C1C.O=CO. The molecular weight excluding hydrogens is 626 g/mol. The van der Waals surface area contributed by atoms with E-state index in [9.17, 15) is 0 Å². The number of pyridine rings is 1. The Morgan fingerprint density at radius 3 is 2.57 bits per heavy atom. The number of morpholine rings is 1. The molecule has 1 aromatic carbocycles. The van der Waals surface area contributed by atoms with Gasteiger partial charge in [0.25, 0.3) is 6.47 Å². The van der Waals surface area contributed by atoms with Gasteiger partial charge in [-0.1, -0.05) is 25.0 Å². The fraction of sp³-hybridized carbons (Fsp3) is 0.417. The second-order valence-corrected chi connectivity index (χ2v) is 12.0. The van der Waals surface area contributed by atoms with E-state index in [1.165, 1.54) is 12.8 Å². The van der Waals surface area contributed by atoms with Crippen molar-refractivity contribution in [3.05, 3.63) is 65.9 Å². The fourth-order valence-corrected chi connectivity index (χ4v) is 6.33. The minimum absolute atomic E-state index is 0.168. The Morgan fingerprint density at radius 1 is 1.12 bits per heavy atom. The van der Waals surface area contributed by atoms with Crippen LogP contribution in [-0.4, -0.2) is 94.5 Å². The minimum Gasteiger partial charge on any atom is -0.483 e. The number of aromatic nitrogens is 5. The molecule has 256 valence electrons. The number of aryl methyl sites for hydroxylation is 2. The summed E-state index contributed by atoms with van der Waals surface area (Å²) in [6.07, 6.45) is 6.77. The first-order valence-corrected chi connectivity index (χ1v) is 16.4. The number of carboxylic acid groups (broad SMARTS) is 1. The highest BCUT2D eigenvalue weighted by atomic mass is 16.6. The van der Waals surface area contributed by atoms with Crippen LogP contribution in [0.15, 0.2) is 53.2 Å². The van der Waals surface area contributed by atoms with Crippen molar-refractivity contribution in [3.63, 3.8) is 0 Å². The van der Waals surface area contributed by atoms with Crippen molar-refractivity contribution in [2.24, 2.45) is 7.05 Å². The van der Waals surface area contributed by atoms with Gasteiger partial charge < -0.3 is 33.5 Å². The van der Waals surface area contributed by atoms with E-state index in [0.29, 0.717) is 25.7 Å². The Hall–Kier alpha value is -5.19. The first-order valence-electron chi connectivity index (χ1n) is 16.4. The van der Waals surface area contributed by atoms with Gasteiger partial charge in [0.2, 0.25) is 5.88 Å². The van der Waals surface area contributed by atoms with E-state index in [2.05, 4.69) is 56.6 Å². The van der Waals surface area contributed by atoms with E-state index >= 15 is 0 Å². The van der Waals surface area contributed by atoms with Gasteiger partial charge in [-0.25, -0.2) is 15.0 Å². The van der Waals surface area contributed by atoms with Gasteiger partial charge in [0.1, 0.15) is 33.9 Å². The number of hydrogen-bond donors (Lipinski definition) is 1. The zero-order valence-corrected chi connectivity index (χ0v) is 28.3. The third-order valence-electron chi connectivity index (χ3n) is 9.10. The Bertz CT molecular complexity index is 1970. The number of methoxy groups -OCH3 is 1. The summed E-state index contributed by atoms with van der Waals surface area (Å²) in [4.78, 5) is 26.8. The highest BCUT2D eigenvalue weighted by Crippen LogP contribution is 2.38. The summed E-state index contributed by atoms with van der Waals surface area (Å²) in [5, 5.41) is 12.1. The van der Waals surface area contributed by atoms with Crippen molar-refractivity contribution >= 4 is 40.0 Å². The van der Waals surface area contributed by atoms with Crippen LogP contribution < -0.4 is 14.5 Å². The molecule has 7 heterocycles. The van der Waals surface area contributed by atoms with Crippen molar-refractivity contribution in [1.82, 2.24) is 24.7 Å². The molecule has 1 spiro atoms. The molecule has 49 heavy (non-hydrogen) atoms. The average molecular weight is 668 g/mol. The van der Waals surface area contributed by atoms with E-state index in [-0.39, 0.29) is 18.1 Å².